The molecule has 2 aliphatic heterocycles. The Balaban J connectivity index is 2.20. The van der Waals surface area contributed by atoms with Gasteiger partial charge in [0.2, 0.25) is 0 Å². The van der Waals surface area contributed by atoms with Gasteiger partial charge in [0, 0.05) is 18.9 Å². The van der Waals surface area contributed by atoms with Gasteiger partial charge in [-0.2, -0.15) is 0 Å². The number of ether oxygens (including phenoxy) is 1. The van der Waals surface area contributed by atoms with Gasteiger partial charge >= 0.3 is 5.97 Å². The van der Waals surface area contributed by atoms with Crippen molar-refractivity contribution in [3.8, 4) is 0 Å². The van der Waals surface area contributed by atoms with Gasteiger partial charge in [-0.3, -0.25) is 4.79 Å². The fourth-order valence-electron chi connectivity index (χ4n) is 2.35. The van der Waals surface area contributed by atoms with E-state index in [1.54, 1.807) is 0 Å². The lowest BCUT2D eigenvalue weighted by atomic mass is 9.78. The maximum atomic E-state index is 10.8. The molecule has 0 aromatic carbocycles. The Bertz CT molecular complexity index is 227. The molecule has 5 heteroatoms. The molecule has 5 unspecified atom stereocenters. The van der Waals surface area contributed by atoms with Gasteiger partial charge in [0.25, 0.3) is 0 Å². The lowest BCUT2D eigenvalue weighted by molar-refractivity contribution is -0.147. The van der Waals surface area contributed by atoms with Crippen LogP contribution in [0.5, 0.6) is 0 Å². The van der Waals surface area contributed by atoms with Gasteiger partial charge in [-0.25, -0.2) is 0 Å². The zero-order chi connectivity index (χ0) is 9.59. The van der Waals surface area contributed by atoms with Crippen LogP contribution < -0.4 is 0 Å². The molecule has 2 fully saturated rings. The van der Waals surface area contributed by atoms with Gasteiger partial charge in [0.05, 0.1) is 24.2 Å². The largest absolute Gasteiger partial charge is 0.481 e. The first-order valence-corrected chi connectivity index (χ1v) is 4.32. The van der Waals surface area contributed by atoms with E-state index in [9.17, 15) is 9.90 Å². The topological polar surface area (TPSA) is 87.0 Å². The van der Waals surface area contributed by atoms with Crippen molar-refractivity contribution in [1.29, 1.82) is 0 Å². The lowest BCUT2D eigenvalue weighted by Crippen LogP contribution is -2.42. The second-order valence-corrected chi connectivity index (χ2v) is 3.65. The molecule has 74 valence electrons. The molecule has 3 N–H and O–H groups in total. The fourth-order valence-corrected chi connectivity index (χ4v) is 2.35. The van der Waals surface area contributed by atoms with Gasteiger partial charge in [-0.15, -0.1) is 0 Å². The van der Waals surface area contributed by atoms with Crippen molar-refractivity contribution in [2.45, 2.75) is 24.7 Å². The van der Waals surface area contributed by atoms with Crippen LogP contribution in [0.2, 0.25) is 0 Å². The number of carbonyl (C=O) groups is 1. The van der Waals surface area contributed by atoms with Crippen LogP contribution in [0.3, 0.4) is 0 Å². The van der Waals surface area contributed by atoms with Gasteiger partial charge in [-0.1, -0.05) is 0 Å². The smallest absolute Gasteiger partial charge is 0.309 e. The van der Waals surface area contributed by atoms with Crippen LogP contribution in [-0.4, -0.2) is 46.2 Å². The summed E-state index contributed by atoms with van der Waals surface area (Å²) in [6, 6.07) is 0. The maximum Gasteiger partial charge on any atom is 0.309 e. The number of rotatable bonds is 2. The monoisotopic (exact) mass is 188 g/mol. The molecule has 0 saturated carbocycles. The first-order valence-electron chi connectivity index (χ1n) is 4.32. The molecule has 0 amide bonds. The Morgan fingerprint density at radius 1 is 1.54 bits per heavy atom. The average Bonchev–Trinajstić information content (AvgIpc) is 2.58. The van der Waals surface area contributed by atoms with Crippen LogP contribution in [0.25, 0.3) is 0 Å². The molecule has 5 atom stereocenters. The van der Waals surface area contributed by atoms with Crippen LogP contribution in [0.1, 0.15) is 6.42 Å². The number of fused-ring (bicyclic) bond motifs is 2. The summed E-state index contributed by atoms with van der Waals surface area (Å²) in [6.45, 7) is -0.190. The molecule has 0 spiro atoms. The number of hydrogen-bond acceptors (Lipinski definition) is 4. The van der Waals surface area contributed by atoms with Crippen molar-refractivity contribution in [2.24, 2.45) is 11.8 Å². The molecule has 2 bridgehead atoms. The molecule has 5 nitrogen and oxygen atoms in total. The summed E-state index contributed by atoms with van der Waals surface area (Å²) >= 11 is 0. The highest BCUT2D eigenvalue weighted by molar-refractivity contribution is 5.72. The minimum absolute atomic E-state index is 0.190. The molecule has 2 saturated heterocycles. The summed E-state index contributed by atoms with van der Waals surface area (Å²) < 4.78 is 5.27. The predicted octanol–water partition coefficient (Wildman–Crippen LogP) is -1.17. The Morgan fingerprint density at radius 2 is 2.23 bits per heavy atom. The highest BCUT2D eigenvalue weighted by Crippen LogP contribution is 2.43. The summed E-state index contributed by atoms with van der Waals surface area (Å²) in [6.07, 6.45) is -1.15. The van der Waals surface area contributed by atoms with Crippen LogP contribution in [0, 0.1) is 11.8 Å². The molecule has 0 aromatic heterocycles. The molecular formula is C8H12O5. The van der Waals surface area contributed by atoms with Gasteiger partial charge in [-0.05, 0) is 0 Å². The molecule has 0 aromatic rings. The van der Waals surface area contributed by atoms with E-state index in [0.29, 0.717) is 6.42 Å². The van der Waals surface area contributed by atoms with Crippen molar-refractivity contribution >= 4 is 5.97 Å². The van der Waals surface area contributed by atoms with Crippen molar-refractivity contribution in [3.63, 3.8) is 0 Å². The Labute approximate surface area is 74.9 Å². The van der Waals surface area contributed by atoms with E-state index in [1.807, 2.05) is 0 Å². The van der Waals surface area contributed by atoms with Crippen LogP contribution in [0.4, 0.5) is 0 Å². The standard InChI is InChI=1S/C8H12O5/c9-2-3-5-1-4(10)7(13-5)6(3)8(11)12/h3-7,9-10H,1-2H2,(H,11,12). The number of aliphatic hydroxyl groups is 2. The summed E-state index contributed by atoms with van der Waals surface area (Å²) in [5.74, 6) is -2.10. The normalized spacial score (nSPS) is 48.3. The first-order chi connectivity index (χ1) is 6.15. The zero-order valence-electron chi connectivity index (χ0n) is 6.96. The average molecular weight is 188 g/mol. The van der Waals surface area contributed by atoms with Crippen molar-refractivity contribution in [1.82, 2.24) is 0 Å². The lowest BCUT2D eigenvalue weighted by Gasteiger charge is -2.25. The van der Waals surface area contributed by atoms with E-state index >= 15 is 0 Å². The first kappa shape index (κ1) is 8.93. The maximum absolute atomic E-state index is 10.8. The molecule has 0 radical (unpaired) electrons. The Hall–Kier alpha value is -0.650. The van der Waals surface area contributed by atoms with Crippen LogP contribution >= 0.6 is 0 Å². The van der Waals surface area contributed by atoms with E-state index in [0.717, 1.165) is 0 Å². The van der Waals surface area contributed by atoms with Crippen molar-refractivity contribution in [2.75, 3.05) is 6.61 Å². The molecule has 0 aliphatic carbocycles. The molecule has 2 rings (SSSR count). The SMILES string of the molecule is O=C(O)C1C(CO)C2CC(O)C1O2. The summed E-state index contributed by atoms with van der Waals surface area (Å²) in [5.41, 5.74) is 0. The number of aliphatic hydroxyl groups excluding tert-OH is 2. The third-order valence-electron chi connectivity index (χ3n) is 2.97. The summed E-state index contributed by atoms with van der Waals surface area (Å²) in [4.78, 5) is 10.8. The number of carboxylic acids is 1. The van der Waals surface area contributed by atoms with Crippen LogP contribution in [-0.2, 0) is 9.53 Å². The van der Waals surface area contributed by atoms with Gasteiger partial charge < -0.3 is 20.1 Å². The molecule has 2 aliphatic rings. The highest BCUT2D eigenvalue weighted by atomic mass is 16.5. The Morgan fingerprint density at radius 3 is 2.77 bits per heavy atom. The summed E-state index contributed by atoms with van der Waals surface area (Å²) in [5, 5.41) is 27.2. The summed E-state index contributed by atoms with van der Waals surface area (Å²) in [7, 11) is 0. The Kier molecular flexibility index (Phi) is 2.02. The number of hydrogen-bond donors (Lipinski definition) is 3. The third-order valence-corrected chi connectivity index (χ3v) is 2.97. The van der Waals surface area contributed by atoms with Crippen molar-refractivity contribution in [3.05, 3.63) is 0 Å². The molecule has 2 heterocycles. The van der Waals surface area contributed by atoms with Crippen LogP contribution in [0.15, 0.2) is 0 Å². The quantitative estimate of drug-likeness (QED) is 0.508. The van der Waals surface area contributed by atoms with E-state index in [1.165, 1.54) is 0 Å². The van der Waals surface area contributed by atoms with Crippen molar-refractivity contribution < 1.29 is 24.9 Å². The minimum Gasteiger partial charge on any atom is -0.481 e. The van der Waals surface area contributed by atoms with E-state index in [4.69, 9.17) is 14.9 Å². The minimum atomic E-state index is -0.995. The van der Waals surface area contributed by atoms with E-state index in [-0.39, 0.29) is 18.6 Å². The number of aliphatic carboxylic acids is 1. The van der Waals surface area contributed by atoms with Gasteiger partial charge in [0.1, 0.15) is 0 Å². The second-order valence-electron chi connectivity index (χ2n) is 3.65. The highest BCUT2D eigenvalue weighted by Gasteiger charge is 2.56. The van der Waals surface area contributed by atoms with Gasteiger partial charge in [0.15, 0.2) is 0 Å². The fraction of sp³-hybridized carbons (Fsp3) is 0.875. The molecular weight excluding hydrogens is 176 g/mol. The predicted molar refractivity (Wildman–Crippen MR) is 41.0 cm³/mol. The second kappa shape index (κ2) is 2.94. The molecule has 13 heavy (non-hydrogen) atoms. The van der Waals surface area contributed by atoms with E-state index in [2.05, 4.69) is 0 Å². The van der Waals surface area contributed by atoms with E-state index < -0.39 is 24.1 Å². The third kappa shape index (κ3) is 1.15. The number of carboxylic acid groups (broad SMARTS) is 1. The zero-order valence-corrected chi connectivity index (χ0v) is 6.96.